The van der Waals surface area contributed by atoms with Gasteiger partial charge in [0, 0.05) is 30.2 Å². The van der Waals surface area contributed by atoms with E-state index in [4.69, 9.17) is 0 Å². The van der Waals surface area contributed by atoms with Crippen molar-refractivity contribution in [2.75, 3.05) is 5.32 Å². The van der Waals surface area contributed by atoms with Crippen LogP contribution in [0.15, 0.2) is 61.2 Å². The maximum absolute atomic E-state index is 4.46. The minimum atomic E-state index is 0.563. The molecule has 0 atom stereocenters. The summed E-state index contributed by atoms with van der Waals surface area (Å²) < 4.78 is 3.97. The highest BCUT2D eigenvalue weighted by Gasteiger charge is 2.10. The van der Waals surface area contributed by atoms with Gasteiger partial charge in [-0.1, -0.05) is 12.1 Å². The van der Waals surface area contributed by atoms with E-state index >= 15 is 0 Å². The zero-order valence-corrected chi connectivity index (χ0v) is 15.1. The molecule has 0 radical (unpaired) electrons. The van der Waals surface area contributed by atoms with Gasteiger partial charge >= 0.3 is 0 Å². The lowest BCUT2D eigenvalue weighted by Crippen LogP contribution is -2.05. The number of anilines is 1. The number of imidazole rings is 1. The average Bonchev–Trinajstić information content (AvgIpc) is 3.46. The topological polar surface area (TPSA) is 102 Å². The van der Waals surface area contributed by atoms with Crippen LogP contribution in [0.1, 0.15) is 11.3 Å². The lowest BCUT2D eigenvalue weighted by molar-refractivity contribution is 0.881. The summed E-state index contributed by atoms with van der Waals surface area (Å²) in [6.07, 6.45) is 5.50. The molecule has 0 fully saturated rings. The van der Waals surface area contributed by atoms with Gasteiger partial charge < -0.3 is 9.88 Å². The van der Waals surface area contributed by atoms with Crippen molar-refractivity contribution >= 4 is 11.5 Å². The number of H-pyrrole nitrogens is 1. The van der Waals surface area contributed by atoms with E-state index < -0.39 is 0 Å². The molecule has 0 saturated carbocycles. The summed E-state index contributed by atoms with van der Waals surface area (Å²) in [4.78, 5) is 8.63. The summed E-state index contributed by atoms with van der Waals surface area (Å²) in [5.41, 5.74) is 4.87. The van der Waals surface area contributed by atoms with E-state index in [-0.39, 0.29) is 0 Å². The Balaban J connectivity index is 1.36. The summed E-state index contributed by atoms with van der Waals surface area (Å²) in [6.45, 7) is 2.67. The standard InChI is InChI=1S/C19H17N9/c1-13-9-17(28-12-20-11-18(28)22-13)21-10-14-4-6-15(7-5-14)27-8-2-3-16(27)19-23-25-26-24-19/h2-9,11-12,21H,10H2,1H3,(H,23,24,25,26). The Morgan fingerprint density at radius 3 is 2.86 bits per heavy atom. The van der Waals surface area contributed by atoms with Crippen molar-refractivity contribution in [1.82, 2.24) is 39.6 Å². The molecular formula is C19H17N9. The molecule has 1 aromatic carbocycles. The number of fused-ring (bicyclic) bond motifs is 1. The van der Waals surface area contributed by atoms with Crippen LogP contribution < -0.4 is 5.32 Å². The summed E-state index contributed by atoms with van der Waals surface area (Å²) in [6, 6.07) is 14.3. The molecular weight excluding hydrogens is 354 g/mol. The third-order valence-corrected chi connectivity index (χ3v) is 4.53. The number of tetrazole rings is 1. The molecule has 5 aromatic rings. The van der Waals surface area contributed by atoms with E-state index in [9.17, 15) is 0 Å². The Morgan fingerprint density at radius 1 is 1.14 bits per heavy atom. The molecule has 0 unspecified atom stereocenters. The van der Waals surface area contributed by atoms with Crippen molar-refractivity contribution in [1.29, 1.82) is 0 Å². The molecule has 4 heterocycles. The highest BCUT2D eigenvalue weighted by Crippen LogP contribution is 2.21. The number of benzene rings is 1. The smallest absolute Gasteiger partial charge is 0.221 e. The first-order chi connectivity index (χ1) is 13.8. The predicted octanol–water partition coefficient (Wildman–Crippen LogP) is 2.62. The third-order valence-electron chi connectivity index (χ3n) is 4.53. The Labute approximate surface area is 160 Å². The number of nitrogens with one attached hydrogen (secondary N) is 2. The maximum atomic E-state index is 4.46. The Morgan fingerprint density at radius 2 is 2.04 bits per heavy atom. The monoisotopic (exact) mass is 371 g/mol. The largest absolute Gasteiger partial charge is 0.367 e. The second-order valence-electron chi connectivity index (χ2n) is 6.42. The molecule has 0 spiro atoms. The molecule has 0 aliphatic rings. The number of hydrogen-bond donors (Lipinski definition) is 2. The Kier molecular flexibility index (Phi) is 3.82. The van der Waals surface area contributed by atoms with Crippen LogP contribution in [0.5, 0.6) is 0 Å². The van der Waals surface area contributed by atoms with Crippen LogP contribution in [-0.2, 0) is 6.54 Å². The van der Waals surface area contributed by atoms with Gasteiger partial charge in [0.05, 0.1) is 11.9 Å². The van der Waals surface area contributed by atoms with Crippen LogP contribution in [0.3, 0.4) is 0 Å². The fourth-order valence-electron chi connectivity index (χ4n) is 3.20. The van der Waals surface area contributed by atoms with Gasteiger partial charge in [0.15, 0.2) is 5.65 Å². The summed E-state index contributed by atoms with van der Waals surface area (Å²) in [5.74, 6) is 1.53. The van der Waals surface area contributed by atoms with Crippen LogP contribution in [-0.4, -0.2) is 39.6 Å². The molecule has 9 heteroatoms. The first-order valence-corrected chi connectivity index (χ1v) is 8.82. The van der Waals surface area contributed by atoms with Crippen LogP contribution in [0, 0.1) is 6.92 Å². The highest BCUT2D eigenvalue weighted by atomic mass is 15.5. The van der Waals surface area contributed by atoms with Gasteiger partial charge in [-0.05, 0) is 42.0 Å². The van der Waals surface area contributed by atoms with Gasteiger partial charge in [0.1, 0.15) is 12.1 Å². The van der Waals surface area contributed by atoms with Gasteiger partial charge in [0.25, 0.3) is 0 Å². The van der Waals surface area contributed by atoms with Crippen molar-refractivity contribution in [2.24, 2.45) is 0 Å². The Hall–Kier alpha value is -4.01. The predicted molar refractivity (Wildman–Crippen MR) is 104 cm³/mol. The van der Waals surface area contributed by atoms with Gasteiger partial charge in [-0.25, -0.2) is 9.97 Å². The minimum Gasteiger partial charge on any atom is -0.367 e. The molecule has 0 aliphatic heterocycles. The third kappa shape index (κ3) is 2.88. The highest BCUT2D eigenvalue weighted by molar-refractivity contribution is 5.55. The molecule has 0 aliphatic carbocycles. The Bertz CT molecular complexity index is 1220. The zero-order valence-electron chi connectivity index (χ0n) is 15.1. The van der Waals surface area contributed by atoms with Crippen LogP contribution in [0.25, 0.3) is 22.9 Å². The number of hydrogen-bond acceptors (Lipinski definition) is 6. The molecule has 5 rings (SSSR count). The number of aryl methyl sites for hydroxylation is 1. The second kappa shape index (κ2) is 6.62. The molecule has 9 nitrogen and oxygen atoms in total. The fraction of sp³-hybridized carbons (Fsp3) is 0.105. The molecule has 0 amide bonds. The molecule has 4 aromatic heterocycles. The van der Waals surface area contributed by atoms with Crippen molar-refractivity contribution < 1.29 is 0 Å². The number of aromatic nitrogens is 8. The summed E-state index contributed by atoms with van der Waals surface area (Å²) in [5, 5.41) is 17.7. The fourth-order valence-corrected chi connectivity index (χ4v) is 3.20. The van der Waals surface area contributed by atoms with Gasteiger partial charge in [0.2, 0.25) is 5.82 Å². The average molecular weight is 371 g/mol. The molecule has 28 heavy (non-hydrogen) atoms. The zero-order chi connectivity index (χ0) is 18.9. The van der Waals surface area contributed by atoms with Crippen molar-refractivity contribution in [3.8, 4) is 17.2 Å². The summed E-state index contributed by atoms with van der Waals surface area (Å²) >= 11 is 0. The number of aromatic amines is 1. The molecule has 2 N–H and O–H groups in total. The lowest BCUT2D eigenvalue weighted by Gasteiger charge is -2.11. The van der Waals surface area contributed by atoms with Gasteiger partial charge in [-0.15, -0.1) is 10.2 Å². The van der Waals surface area contributed by atoms with Gasteiger partial charge in [-0.3, -0.25) is 4.40 Å². The maximum Gasteiger partial charge on any atom is 0.221 e. The molecule has 0 saturated heterocycles. The van der Waals surface area contributed by atoms with E-state index in [0.29, 0.717) is 12.4 Å². The number of nitrogens with zero attached hydrogens (tertiary/aromatic N) is 7. The second-order valence-corrected chi connectivity index (χ2v) is 6.42. The summed E-state index contributed by atoms with van der Waals surface area (Å²) in [7, 11) is 0. The van der Waals surface area contributed by atoms with Gasteiger partial charge in [-0.2, -0.15) is 5.21 Å². The first-order valence-electron chi connectivity index (χ1n) is 8.82. The van der Waals surface area contributed by atoms with Crippen LogP contribution in [0.2, 0.25) is 0 Å². The van der Waals surface area contributed by atoms with Crippen molar-refractivity contribution in [3.63, 3.8) is 0 Å². The van der Waals surface area contributed by atoms with E-state index in [1.54, 1.807) is 12.5 Å². The quantitative estimate of drug-likeness (QED) is 0.492. The van der Waals surface area contributed by atoms with Crippen LogP contribution >= 0.6 is 0 Å². The van der Waals surface area contributed by atoms with Crippen molar-refractivity contribution in [3.05, 3.63) is 72.4 Å². The first kappa shape index (κ1) is 16.2. The van der Waals surface area contributed by atoms with Crippen LogP contribution in [0.4, 0.5) is 5.82 Å². The SMILES string of the molecule is Cc1cc(NCc2ccc(-n3cccc3-c3nn[nH]n3)cc2)n2cncc2n1. The normalized spacial score (nSPS) is 11.2. The lowest BCUT2D eigenvalue weighted by atomic mass is 10.2. The van der Waals surface area contributed by atoms with E-state index in [1.807, 2.05) is 40.3 Å². The van der Waals surface area contributed by atoms with E-state index in [0.717, 1.165) is 28.5 Å². The number of rotatable bonds is 5. The van der Waals surface area contributed by atoms with Crippen molar-refractivity contribution in [2.45, 2.75) is 13.5 Å². The minimum absolute atomic E-state index is 0.563. The van der Waals surface area contributed by atoms with E-state index in [1.165, 1.54) is 5.56 Å². The molecule has 0 bridgehead atoms. The molecule has 138 valence electrons. The van der Waals surface area contributed by atoms with E-state index in [2.05, 4.69) is 60.2 Å².